The third-order valence-corrected chi connectivity index (χ3v) is 15.7. The monoisotopic (exact) mass is 1050 g/mol. The lowest BCUT2D eigenvalue weighted by Crippen LogP contribution is -2.31. The van der Waals surface area contributed by atoms with Crippen molar-refractivity contribution in [1.29, 1.82) is 0 Å². The minimum atomic E-state index is -2.34. The molecule has 0 aliphatic rings. The Labute approximate surface area is 482 Å². The molecular weight excluding hydrogens is 979 g/mol. The molecular formula is C74H64N3O3+3. The van der Waals surface area contributed by atoms with Gasteiger partial charge >= 0.3 is 0 Å². The highest BCUT2D eigenvalue weighted by atomic mass is 16.3. The molecule has 0 saturated heterocycles. The van der Waals surface area contributed by atoms with Crippen molar-refractivity contribution in [2.75, 3.05) is 0 Å². The van der Waals surface area contributed by atoms with Gasteiger partial charge in [-0.1, -0.05) is 144 Å². The van der Waals surface area contributed by atoms with Crippen LogP contribution in [0.25, 0.3) is 132 Å². The number of hydrogen-bond acceptors (Lipinski definition) is 3. The van der Waals surface area contributed by atoms with E-state index in [1.807, 2.05) is 86.6 Å². The molecule has 0 saturated carbocycles. The Morgan fingerprint density at radius 3 is 1.32 bits per heavy atom. The Balaban J connectivity index is 0.000000127. The summed E-state index contributed by atoms with van der Waals surface area (Å²) < 4.78 is 120. The van der Waals surface area contributed by atoms with Crippen LogP contribution in [0.4, 0.5) is 0 Å². The van der Waals surface area contributed by atoms with Crippen LogP contribution in [0.2, 0.25) is 0 Å². The van der Waals surface area contributed by atoms with Gasteiger partial charge < -0.3 is 13.3 Å². The fourth-order valence-electron chi connectivity index (χ4n) is 12.0. The maximum atomic E-state index is 8.20. The summed E-state index contributed by atoms with van der Waals surface area (Å²) in [4.78, 5) is 0. The van der Waals surface area contributed by atoms with Gasteiger partial charge in [0.25, 0.3) is 17.1 Å². The fourth-order valence-corrected chi connectivity index (χ4v) is 12.0. The molecule has 6 aromatic heterocycles. The van der Waals surface area contributed by atoms with E-state index in [9.17, 15) is 0 Å². The molecule has 9 aromatic carbocycles. The quantitative estimate of drug-likeness (QED) is 0.166. The average molecular weight is 1060 g/mol. The van der Waals surface area contributed by atoms with Crippen molar-refractivity contribution in [3.63, 3.8) is 0 Å². The molecule has 0 amide bonds. The van der Waals surface area contributed by atoms with E-state index in [0.717, 1.165) is 71.4 Å². The number of fused-ring (bicyclic) bond motifs is 15. The van der Waals surface area contributed by atoms with Gasteiger partial charge in [0.05, 0.1) is 16.7 Å². The molecule has 0 atom stereocenters. The lowest BCUT2D eigenvalue weighted by molar-refractivity contribution is -0.659. The summed E-state index contributed by atoms with van der Waals surface area (Å²) in [7, 11) is 5.65. The van der Waals surface area contributed by atoms with E-state index in [-0.39, 0.29) is 22.3 Å². The van der Waals surface area contributed by atoms with Crippen LogP contribution in [0.15, 0.2) is 202 Å². The minimum Gasteiger partial charge on any atom is -0.449 e. The molecule has 6 nitrogen and oxygen atoms in total. The Kier molecular flexibility index (Phi) is 9.32. The van der Waals surface area contributed by atoms with E-state index in [2.05, 4.69) is 92.3 Å². The number of furan rings is 3. The summed E-state index contributed by atoms with van der Waals surface area (Å²) in [6.07, 6.45) is 5.41. The normalized spacial score (nSPS) is 14.5. The van der Waals surface area contributed by atoms with Crippen molar-refractivity contribution < 1.29 is 43.4 Å². The van der Waals surface area contributed by atoms with Gasteiger partial charge in [0.2, 0.25) is 16.7 Å². The van der Waals surface area contributed by atoms with Crippen molar-refractivity contribution in [3.8, 4) is 33.8 Å². The van der Waals surface area contributed by atoms with E-state index in [1.54, 1.807) is 72.0 Å². The van der Waals surface area contributed by atoms with Crippen molar-refractivity contribution in [2.45, 2.75) is 55.1 Å². The summed E-state index contributed by atoms with van der Waals surface area (Å²) in [6, 6.07) is 54.9. The lowest BCUT2D eigenvalue weighted by atomic mass is 9.98. The summed E-state index contributed by atoms with van der Waals surface area (Å²) in [5.74, 6) is 0. The molecule has 0 unspecified atom stereocenters. The largest absolute Gasteiger partial charge is 0.449 e. The lowest BCUT2D eigenvalue weighted by Gasteiger charge is -2.07. The van der Waals surface area contributed by atoms with E-state index in [4.69, 9.17) is 29.7 Å². The highest BCUT2D eigenvalue weighted by Crippen LogP contribution is 2.43. The second-order valence-electron chi connectivity index (χ2n) is 21.1. The molecule has 0 N–H and O–H groups in total. The van der Waals surface area contributed by atoms with Crippen molar-refractivity contribution in [2.24, 2.45) is 21.1 Å². The summed E-state index contributed by atoms with van der Waals surface area (Å²) in [5.41, 5.74) is 14.4. The van der Waals surface area contributed by atoms with Crippen LogP contribution >= 0.6 is 0 Å². The number of benzene rings is 9. The van der Waals surface area contributed by atoms with Crippen LogP contribution in [0, 0.1) is 55.1 Å². The first-order valence-electron chi connectivity index (χ1n) is 32.6. The van der Waals surface area contributed by atoms with Gasteiger partial charge in [-0.2, -0.15) is 13.7 Å². The SMILES string of the molecule is Cc1ccc2c(ccc3oc4c(-c5ccccc5C)[n+](C)ccc4c32)c1.[2H]C([2H])([2H])c1ccc(-c2c3oc4ccc5ccccc5c4c3c(C([2H])([2H])[2H])c[n+]2C)c(C)c1.[2H]C([2H])([2H])c1ccc(-c2c3oc4ccc5ccccc5c4c3c(C([2H])([2H])[2H])c[n+]2C)c(C)c1. The van der Waals surface area contributed by atoms with Gasteiger partial charge in [-0.25, -0.2) is 0 Å². The predicted molar refractivity (Wildman–Crippen MR) is 331 cm³/mol. The van der Waals surface area contributed by atoms with Crippen molar-refractivity contribution in [3.05, 3.63) is 233 Å². The van der Waals surface area contributed by atoms with Crippen LogP contribution in [0.1, 0.15) is 61.0 Å². The summed E-state index contributed by atoms with van der Waals surface area (Å²) >= 11 is 0. The zero-order valence-electron chi connectivity index (χ0n) is 57.5. The standard InChI is InChI=1S/2C25H22NO.C24H20NO/c2*1-15-9-11-19(16(2)13-15)24-25-22(17(3)14-26(24)4)23-20-8-6-5-7-18(20)10-12-21(23)27-25;1-15-8-10-19-17(14-15)9-11-21-22(19)20-12-13-25(3)23(24(20)26-21)18-7-5-4-6-16(18)2/h2*5-14H,1-4H3;4-14H,1-3H3/q3*+1/i2*1D3,3D3;. The Hall–Kier alpha value is -9.39. The molecule has 80 heavy (non-hydrogen) atoms. The molecule has 15 rings (SSSR count). The van der Waals surface area contributed by atoms with Crippen molar-refractivity contribution >= 4 is 98.1 Å². The third-order valence-electron chi connectivity index (χ3n) is 15.7. The van der Waals surface area contributed by atoms with E-state index >= 15 is 0 Å². The molecule has 0 fully saturated rings. The summed E-state index contributed by atoms with van der Waals surface area (Å²) in [5, 5.41) is 11.4. The molecule has 0 radical (unpaired) electrons. The van der Waals surface area contributed by atoms with Gasteiger partial charge in [0, 0.05) is 66.0 Å². The first-order valence-corrected chi connectivity index (χ1v) is 26.6. The van der Waals surface area contributed by atoms with Crippen LogP contribution in [0.3, 0.4) is 0 Å². The predicted octanol–water partition coefficient (Wildman–Crippen LogP) is 18.2. The number of hydrogen-bond donors (Lipinski definition) is 0. The number of rotatable bonds is 3. The fraction of sp³-hybridized carbons (Fsp3) is 0.149. The molecule has 6 heterocycles. The Morgan fingerprint density at radius 1 is 0.325 bits per heavy atom. The average Bonchev–Trinajstić information content (AvgIpc) is 1.58. The molecule has 6 heteroatoms. The van der Waals surface area contributed by atoms with Crippen LogP contribution < -0.4 is 13.7 Å². The molecule has 0 aliphatic heterocycles. The van der Waals surface area contributed by atoms with Crippen LogP contribution in [-0.4, -0.2) is 0 Å². The second-order valence-corrected chi connectivity index (χ2v) is 21.1. The minimum absolute atomic E-state index is 0.218. The summed E-state index contributed by atoms with van der Waals surface area (Å²) in [6.45, 7) is -1.11. The van der Waals surface area contributed by atoms with Crippen molar-refractivity contribution in [1.82, 2.24) is 0 Å². The van der Waals surface area contributed by atoms with Gasteiger partial charge in [0.15, 0.2) is 18.6 Å². The Morgan fingerprint density at radius 2 is 0.787 bits per heavy atom. The maximum Gasteiger partial charge on any atom is 0.256 e. The highest BCUT2D eigenvalue weighted by Gasteiger charge is 2.28. The van der Waals surface area contributed by atoms with Gasteiger partial charge in [0.1, 0.15) is 37.9 Å². The van der Waals surface area contributed by atoms with Crippen LogP contribution in [0.5, 0.6) is 0 Å². The number of aryl methyl sites for hydroxylation is 11. The zero-order valence-corrected chi connectivity index (χ0v) is 45.5. The van der Waals surface area contributed by atoms with Gasteiger partial charge in [-0.15, -0.1) is 0 Å². The van der Waals surface area contributed by atoms with E-state index in [1.165, 1.54) is 38.2 Å². The topological polar surface area (TPSA) is 51.1 Å². The number of aromatic nitrogens is 3. The van der Waals surface area contributed by atoms with E-state index in [0.29, 0.717) is 44.5 Å². The van der Waals surface area contributed by atoms with Gasteiger partial charge in [-0.3, -0.25) is 0 Å². The molecule has 390 valence electrons. The molecule has 0 bridgehead atoms. The van der Waals surface area contributed by atoms with Crippen LogP contribution in [-0.2, 0) is 21.1 Å². The number of pyridine rings is 3. The molecule has 15 aromatic rings. The highest BCUT2D eigenvalue weighted by molar-refractivity contribution is 6.23. The zero-order chi connectivity index (χ0) is 65.2. The first kappa shape index (κ1) is 38.2. The smallest absolute Gasteiger partial charge is 0.256 e. The third kappa shape index (κ3) is 8.28. The van der Waals surface area contributed by atoms with Gasteiger partial charge in [-0.05, 0) is 141 Å². The second kappa shape index (κ2) is 19.5. The number of nitrogens with zero attached hydrogens (tertiary/aromatic N) is 3. The maximum absolute atomic E-state index is 8.20. The molecule has 0 aliphatic carbocycles. The molecule has 0 spiro atoms. The Bertz CT molecular complexity index is 5280. The first-order chi connectivity index (χ1) is 43.6. The van der Waals surface area contributed by atoms with E-state index < -0.39 is 27.4 Å².